The molecule has 0 heterocycles. The first-order valence-electron chi connectivity index (χ1n) is 9.92. The van der Waals surface area contributed by atoms with Gasteiger partial charge in [-0.1, -0.05) is 6.07 Å². The van der Waals surface area contributed by atoms with Crippen molar-refractivity contribution in [2.75, 3.05) is 10.6 Å². The first-order chi connectivity index (χ1) is 17.0. The van der Waals surface area contributed by atoms with Gasteiger partial charge in [0.2, 0.25) is 0 Å². The van der Waals surface area contributed by atoms with Crippen molar-refractivity contribution in [3.8, 4) is 0 Å². The molecule has 3 aromatic carbocycles. The van der Waals surface area contributed by atoms with Gasteiger partial charge in [-0.25, -0.2) is 19.2 Å². The Bertz CT molecular complexity index is 1430. The first kappa shape index (κ1) is 25.1. The largest absolute Gasteiger partial charge is 0.478 e. The molecule has 0 radical (unpaired) electrons. The third-order valence-electron chi connectivity index (χ3n) is 4.86. The van der Waals surface area contributed by atoms with E-state index < -0.39 is 57.9 Å². The summed E-state index contributed by atoms with van der Waals surface area (Å²) in [5, 5.41) is 41.9. The van der Waals surface area contributed by atoms with Crippen molar-refractivity contribution in [2.45, 2.75) is 0 Å². The summed E-state index contributed by atoms with van der Waals surface area (Å²) in [6.45, 7) is 0. The number of carboxylic acids is 4. The summed E-state index contributed by atoms with van der Waals surface area (Å²) in [6, 6.07) is 11.5. The summed E-state index contributed by atoms with van der Waals surface area (Å²) in [6.07, 6.45) is 0. The van der Waals surface area contributed by atoms with Gasteiger partial charge in [-0.3, -0.25) is 9.59 Å². The maximum Gasteiger partial charge on any atom is 0.336 e. The topological polar surface area (TPSA) is 207 Å². The predicted molar refractivity (Wildman–Crippen MR) is 123 cm³/mol. The lowest BCUT2D eigenvalue weighted by molar-refractivity contribution is 0.0677. The summed E-state index contributed by atoms with van der Waals surface area (Å²) in [5.41, 5.74) is -2.59. The molecular formula is C24H16N2O10. The van der Waals surface area contributed by atoms with E-state index in [1.54, 1.807) is 0 Å². The minimum absolute atomic E-state index is 0.0136. The number of hydrogen-bond acceptors (Lipinski definition) is 6. The van der Waals surface area contributed by atoms with Gasteiger partial charge in [-0.15, -0.1) is 0 Å². The van der Waals surface area contributed by atoms with Crippen LogP contribution < -0.4 is 10.6 Å². The number of amides is 2. The van der Waals surface area contributed by atoms with E-state index in [2.05, 4.69) is 10.6 Å². The minimum Gasteiger partial charge on any atom is -0.478 e. The molecule has 0 aliphatic heterocycles. The van der Waals surface area contributed by atoms with E-state index in [9.17, 15) is 39.0 Å². The Hall–Kier alpha value is -5.52. The van der Waals surface area contributed by atoms with Gasteiger partial charge < -0.3 is 31.1 Å². The van der Waals surface area contributed by atoms with Crippen LogP contribution in [0.5, 0.6) is 0 Å². The molecular weight excluding hydrogens is 476 g/mol. The highest BCUT2D eigenvalue weighted by atomic mass is 16.4. The van der Waals surface area contributed by atoms with Crippen molar-refractivity contribution >= 4 is 47.1 Å². The van der Waals surface area contributed by atoms with E-state index in [1.807, 2.05) is 0 Å². The number of carboxylic acid groups (broad SMARTS) is 4. The zero-order valence-corrected chi connectivity index (χ0v) is 18.0. The lowest BCUT2D eigenvalue weighted by Crippen LogP contribution is -2.22. The summed E-state index contributed by atoms with van der Waals surface area (Å²) < 4.78 is 0. The van der Waals surface area contributed by atoms with Gasteiger partial charge in [-0.05, 0) is 54.6 Å². The van der Waals surface area contributed by atoms with Gasteiger partial charge in [0.15, 0.2) is 0 Å². The molecule has 0 bridgehead atoms. The summed E-state index contributed by atoms with van der Waals surface area (Å²) in [5.74, 6) is -7.78. The maximum atomic E-state index is 12.8. The van der Waals surface area contributed by atoms with Gasteiger partial charge in [-0.2, -0.15) is 0 Å². The fourth-order valence-electron chi connectivity index (χ4n) is 3.15. The van der Waals surface area contributed by atoms with Crippen molar-refractivity contribution in [1.82, 2.24) is 0 Å². The molecule has 3 aromatic rings. The average Bonchev–Trinajstić information content (AvgIpc) is 2.83. The van der Waals surface area contributed by atoms with Crippen LogP contribution in [-0.2, 0) is 0 Å². The number of nitrogens with one attached hydrogen (secondary N) is 2. The second-order valence-electron chi connectivity index (χ2n) is 7.23. The number of benzene rings is 3. The van der Waals surface area contributed by atoms with E-state index in [4.69, 9.17) is 10.2 Å². The van der Waals surface area contributed by atoms with Crippen LogP contribution in [0.1, 0.15) is 62.1 Å². The Labute approximate surface area is 201 Å². The smallest absolute Gasteiger partial charge is 0.336 e. The van der Waals surface area contributed by atoms with Crippen LogP contribution in [0.25, 0.3) is 0 Å². The van der Waals surface area contributed by atoms with E-state index in [1.165, 1.54) is 42.5 Å². The summed E-state index contributed by atoms with van der Waals surface area (Å²) in [7, 11) is 0. The Morgan fingerprint density at radius 2 is 0.944 bits per heavy atom. The van der Waals surface area contributed by atoms with Gasteiger partial charge in [0.25, 0.3) is 11.8 Å². The molecule has 0 saturated heterocycles. The summed E-state index contributed by atoms with van der Waals surface area (Å²) in [4.78, 5) is 71.3. The molecule has 6 N–H and O–H groups in total. The van der Waals surface area contributed by atoms with Crippen molar-refractivity contribution in [2.24, 2.45) is 0 Å². The lowest BCUT2D eigenvalue weighted by Gasteiger charge is -2.13. The molecule has 0 spiro atoms. The van der Waals surface area contributed by atoms with E-state index >= 15 is 0 Å². The molecule has 12 heteroatoms. The van der Waals surface area contributed by atoms with E-state index in [0.717, 1.165) is 18.2 Å². The third kappa shape index (κ3) is 5.51. The lowest BCUT2D eigenvalue weighted by atomic mass is 9.96. The first-order valence-corrected chi connectivity index (χ1v) is 9.92. The fourth-order valence-corrected chi connectivity index (χ4v) is 3.15. The molecule has 2 amide bonds. The third-order valence-corrected chi connectivity index (χ3v) is 4.86. The molecule has 0 saturated carbocycles. The van der Waals surface area contributed by atoms with Crippen molar-refractivity contribution < 1.29 is 49.2 Å². The molecule has 0 aliphatic rings. The number of anilines is 2. The Kier molecular flexibility index (Phi) is 7.10. The van der Waals surface area contributed by atoms with Crippen LogP contribution >= 0.6 is 0 Å². The quantitative estimate of drug-likeness (QED) is 0.271. The number of aromatic carboxylic acids is 4. The highest BCUT2D eigenvalue weighted by Crippen LogP contribution is 2.22. The molecule has 0 aliphatic carbocycles. The van der Waals surface area contributed by atoms with Crippen LogP contribution in [0.3, 0.4) is 0 Å². The van der Waals surface area contributed by atoms with Gasteiger partial charge in [0.1, 0.15) is 0 Å². The second-order valence-corrected chi connectivity index (χ2v) is 7.23. The zero-order valence-electron chi connectivity index (χ0n) is 18.0. The summed E-state index contributed by atoms with van der Waals surface area (Å²) >= 11 is 0. The molecule has 0 fully saturated rings. The van der Waals surface area contributed by atoms with Crippen molar-refractivity contribution in [1.29, 1.82) is 0 Å². The van der Waals surface area contributed by atoms with Crippen LogP contribution in [0.4, 0.5) is 11.4 Å². The molecule has 0 aromatic heterocycles. The van der Waals surface area contributed by atoms with Crippen molar-refractivity contribution in [3.63, 3.8) is 0 Å². The minimum atomic E-state index is -1.63. The van der Waals surface area contributed by atoms with Gasteiger partial charge in [0.05, 0.1) is 33.4 Å². The highest BCUT2D eigenvalue weighted by molar-refractivity contribution is 6.16. The fraction of sp³-hybridized carbons (Fsp3) is 0. The molecule has 182 valence electrons. The second kappa shape index (κ2) is 10.2. The molecule has 0 atom stereocenters. The van der Waals surface area contributed by atoms with Crippen molar-refractivity contribution in [3.05, 3.63) is 94.0 Å². The monoisotopic (exact) mass is 492 g/mol. The average molecular weight is 492 g/mol. The van der Waals surface area contributed by atoms with Crippen LogP contribution in [0, 0.1) is 0 Å². The SMILES string of the molecule is O=C(O)c1ccc(NC(=O)c2cc(C(=O)O)c(C(=O)Nc3cccc(C(=O)O)c3)cc2C(=O)O)cc1. The zero-order chi connectivity index (χ0) is 26.6. The van der Waals surface area contributed by atoms with E-state index in [0.29, 0.717) is 0 Å². The van der Waals surface area contributed by atoms with Crippen LogP contribution in [-0.4, -0.2) is 56.1 Å². The molecule has 36 heavy (non-hydrogen) atoms. The normalized spacial score (nSPS) is 10.2. The Morgan fingerprint density at radius 3 is 1.39 bits per heavy atom. The van der Waals surface area contributed by atoms with E-state index in [-0.39, 0.29) is 22.5 Å². The maximum absolute atomic E-state index is 12.8. The number of rotatable bonds is 8. The number of carbonyl (C=O) groups excluding carboxylic acids is 2. The molecule has 0 unspecified atom stereocenters. The highest BCUT2D eigenvalue weighted by Gasteiger charge is 2.26. The Morgan fingerprint density at radius 1 is 0.472 bits per heavy atom. The van der Waals surface area contributed by atoms with Gasteiger partial charge in [0, 0.05) is 11.4 Å². The van der Waals surface area contributed by atoms with Gasteiger partial charge >= 0.3 is 23.9 Å². The standard InChI is InChI=1S/C24H16N2O10/c27-19(25-13-6-4-11(5-7-13)21(29)30)15-9-18(24(35)36)16(10-17(15)23(33)34)20(28)26-14-3-1-2-12(8-14)22(31)32/h1-10H,(H,25,27)(H,26,28)(H,29,30)(H,31,32)(H,33,34)(H,35,36). The number of carbonyl (C=O) groups is 6. The molecule has 12 nitrogen and oxygen atoms in total. The number of hydrogen-bond donors (Lipinski definition) is 6. The van der Waals surface area contributed by atoms with Crippen LogP contribution in [0.2, 0.25) is 0 Å². The van der Waals surface area contributed by atoms with Crippen LogP contribution in [0.15, 0.2) is 60.7 Å². The Balaban J connectivity index is 1.99. The predicted octanol–water partition coefficient (Wildman–Crippen LogP) is 2.98. The molecule has 3 rings (SSSR count).